The average Bonchev–Trinajstić information content (AvgIpc) is 2.66. The Morgan fingerprint density at radius 2 is 1.59 bits per heavy atom. The summed E-state index contributed by atoms with van der Waals surface area (Å²) in [7, 11) is 0. The van der Waals surface area contributed by atoms with Gasteiger partial charge in [-0.2, -0.15) is 0 Å². The lowest BCUT2D eigenvalue weighted by Crippen LogP contribution is -2.24. The number of nitrogens with zero attached hydrogens (tertiary/aromatic N) is 1. The number of benzene rings is 2. The van der Waals surface area contributed by atoms with E-state index in [9.17, 15) is 0 Å². The summed E-state index contributed by atoms with van der Waals surface area (Å²) in [5.41, 5.74) is 5.51. The zero-order valence-corrected chi connectivity index (χ0v) is 10.4. The second-order valence-electron chi connectivity index (χ2n) is 4.84. The normalized spacial score (nSPS) is 18.2. The number of aryl methyl sites for hydroxylation is 1. The Labute approximate surface area is 103 Å². The molecule has 0 aliphatic carbocycles. The van der Waals surface area contributed by atoms with Crippen molar-refractivity contribution in [3.63, 3.8) is 0 Å². The number of hydrogen-bond acceptors (Lipinski definition) is 1. The average molecular weight is 223 g/mol. The highest BCUT2D eigenvalue weighted by Crippen LogP contribution is 2.39. The quantitative estimate of drug-likeness (QED) is 0.704. The smallest absolute Gasteiger partial charge is 0.0446 e. The zero-order chi connectivity index (χ0) is 11.8. The van der Waals surface area contributed by atoms with Crippen molar-refractivity contribution < 1.29 is 0 Å². The van der Waals surface area contributed by atoms with Crippen molar-refractivity contribution >= 4 is 11.4 Å². The van der Waals surface area contributed by atoms with E-state index < -0.39 is 0 Å². The van der Waals surface area contributed by atoms with Crippen molar-refractivity contribution in [2.75, 3.05) is 4.90 Å². The van der Waals surface area contributed by atoms with E-state index in [2.05, 4.69) is 67.3 Å². The minimum absolute atomic E-state index is 0.550. The molecule has 1 heteroatoms. The standard InChI is InChI=1S/C16H17N/c1-12-7-3-5-9-15(12)17-13(2)11-14-8-4-6-10-16(14)17/h3-10,13H,11H2,1-2H3. The van der Waals surface area contributed by atoms with Gasteiger partial charge in [0.2, 0.25) is 0 Å². The van der Waals surface area contributed by atoms with Gasteiger partial charge >= 0.3 is 0 Å². The Kier molecular flexibility index (Phi) is 2.40. The van der Waals surface area contributed by atoms with E-state index in [1.807, 2.05) is 0 Å². The lowest BCUT2D eigenvalue weighted by Gasteiger charge is -2.26. The molecular weight excluding hydrogens is 206 g/mol. The van der Waals surface area contributed by atoms with Gasteiger partial charge in [-0.1, -0.05) is 36.4 Å². The minimum atomic E-state index is 0.550. The minimum Gasteiger partial charge on any atom is -0.338 e. The zero-order valence-electron chi connectivity index (χ0n) is 10.4. The van der Waals surface area contributed by atoms with Crippen molar-refractivity contribution in [3.05, 3.63) is 59.7 Å². The summed E-state index contributed by atoms with van der Waals surface area (Å²) in [4.78, 5) is 2.46. The van der Waals surface area contributed by atoms with Gasteiger partial charge in [0.25, 0.3) is 0 Å². The van der Waals surface area contributed by atoms with E-state index in [4.69, 9.17) is 0 Å². The van der Waals surface area contributed by atoms with Crippen LogP contribution >= 0.6 is 0 Å². The van der Waals surface area contributed by atoms with Crippen LogP contribution in [0, 0.1) is 6.92 Å². The Hall–Kier alpha value is -1.76. The van der Waals surface area contributed by atoms with Gasteiger partial charge in [-0.05, 0) is 43.5 Å². The van der Waals surface area contributed by atoms with Crippen LogP contribution in [0.5, 0.6) is 0 Å². The van der Waals surface area contributed by atoms with Crippen molar-refractivity contribution in [2.24, 2.45) is 0 Å². The maximum atomic E-state index is 2.46. The molecule has 17 heavy (non-hydrogen) atoms. The topological polar surface area (TPSA) is 3.24 Å². The van der Waals surface area contributed by atoms with Gasteiger partial charge in [-0.15, -0.1) is 0 Å². The van der Waals surface area contributed by atoms with Gasteiger partial charge in [-0.25, -0.2) is 0 Å². The first-order valence-electron chi connectivity index (χ1n) is 6.20. The number of rotatable bonds is 1. The molecule has 1 aliphatic heterocycles. The van der Waals surface area contributed by atoms with Crippen molar-refractivity contribution in [2.45, 2.75) is 26.3 Å². The van der Waals surface area contributed by atoms with Gasteiger partial charge in [0, 0.05) is 17.4 Å². The molecular formula is C16H17N. The third-order valence-electron chi connectivity index (χ3n) is 3.58. The fourth-order valence-electron chi connectivity index (χ4n) is 2.77. The number of hydrogen-bond donors (Lipinski definition) is 0. The molecule has 2 aromatic carbocycles. The summed E-state index contributed by atoms with van der Waals surface area (Å²) < 4.78 is 0. The van der Waals surface area contributed by atoms with Crippen LogP contribution in [0.15, 0.2) is 48.5 Å². The predicted molar refractivity (Wildman–Crippen MR) is 72.9 cm³/mol. The molecule has 0 amide bonds. The maximum Gasteiger partial charge on any atom is 0.0446 e. The van der Waals surface area contributed by atoms with Crippen molar-refractivity contribution in [1.29, 1.82) is 0 Å². The molecule has 1 unspecified atom stereocenters. The summed E-state index contributed by atoms with van der Waals surface area (Å²) in [6, 6.07) is 17.9. The van der Waals surface area contributed by atoms with Crippen LogP contribution in [-0.2, 0) is 6.42 Å². The summed E-state index contributed by atoms with van der Waals surface area (Å²) in [6.45, 7) is 4.48. The van der Waals surface area contributed by atoms with Gasteiger partial charge in [0.05, 0.1) is 0 Å². The van der Waals surface area contributed by atoms with E-state index in [0.717, 1.165) is 6.42 Å². The fraction of sp³-hybridized carbons (Fsp3) is 0.250. The van der Waals surface area contributed by atoms with Crippen molar-refractivity contribution in [1.82, 2.24) is 0 Å². The van der Waals surface area contributed by atoms with E-state index in [1.165, 1.54) is 22.5 Å². The summed E-state index contributed by atoms with van der Waals surface area (Å²) in [5.74, 6) is 0. The summed E-state index contributed by atoms with van der Waals surface area (Å²) in [5, 5.41) is 0. The van der Waals surface area contributed by atoms with Crippen LogP contribution in [0.2, 0.25) is 0 Å². The van der Waals surface area contributed by atoms with Crippen LogP contribution in [0.3, 0.4) is 0 Å². The third-order valence-corrected chi connectivity index (χ3v) is 3.58. The van der Waals surface area contributed by atoms with Crippen LogP contribution in [0.1, 0.15) is 18.1 Å². The highest BCUT2D eigenvalue weighted by molar-refractivity contribution is 5.72. The molecule has 0 bridgehead atoms. The Balaban J connectivity index is 2.13. The third kappa shape index (κ3) is 1.62. The first kappa shape index (κ1) is 10.4. The van der Waals surface area contributed by atoms with Gasteiger partial charge < -0.3 is 4.90 Å². The molecule has 1 nitrogen and oxygen atoms in total. The SMILES string of the molecule is Cc1ccccc1N1c2ccccc2CC1C. The molecule has 86 valence electrons. The molecule has 0 saturated heterocycles. The van der Waals surface area contributed by atoms with E-state index >= 15 is 0 Å². The van der Waals surface area contributed by atoms with Crippen LogP contribution in [-0.4, -0.2) is 6.04 Å². The number of anilines is 2. The molecule has 2 aromatic rings. The molecule has 0 saturated carbocycles. The maximum absolute atomic E-state index is 2.46. The van der Waals surface area contributed by atoms with Gasteiger partial charge in [-0.3, -0.25) is 0 Å². The first-order valence-corrected chi connectivity index (χ1v) is 6.20. The lowest BCUT2D eigenvalue weighted by molar-refractivity contribution is 0.757. The Bertz CT molecular complexity index is 545. The molecule has 3 rings (SSSR count). The molecule has 1 atom stereocenters. The molecule has 1 heterocycles. The lowest BCUT2D eigenvalue weighted by atomic mass is 10.1. The number of para-hydroxylation sites is 2. The van der Waals surface area contributed by atoms with Crippen LogP contribution in [0.25, 0.3) is 0 Å². The molecule has 0 radical (unpaired) electrons. The molecule has 0 N–H and O–H groups in total. The highest BCUT2D eigenvalue weighted by atomic mass is 15.2. The molecule has 0 spiro atoms. The predicted octanol–water partition coefficient (Wildman–Crippen LogP) is 4.08. The second-order valence-corrected chi connectivity index (χ2v) is 4.84. The number of fused-ring (bicyclic) bond motifs is 1. The van der Waals surface area contributed by atoms with Gasteiger partial charge in [0.1, 0.15) is 0 Å². The monoisotopic (exact) mass is 223 g/mol. The first-order chi connectivity index (χ1) is 8.27. The van der Waals surface area contributed by atoms with Crippen LogP contribution in [0.4, 0.5) is 11.4 Å². The van der Waals surface area contributed by atoms with E-state index in [-0.39, 0.29) is 0 Å². The Morgan fingerprint density at radius 1 is 0.941 bits per heavy atom. The molecule has 0 fully saturated rings. The second kappa shape index (κ2) is 3.92. The molecule has 1 aliphatic rings. The largest absolute Gasteiger partial charge is 0.338 e. The van der Waals surface area contributed by atoms with E-state index in [1.54, 1.807) is 0 Å². The fourth-order valence-corrected chi connectivity index (χ4v) is 2.77. The van der Waals surface area contributed by atoms with Crippen molar-refractivity contribution in [3.8, 4) is 0 Å². The summed E-state index contributed by atoms with van der Waals surface area (Å²) >= 11 is 0. The molecule has 0 aromatic heterocycles. The Morgan fingerprint density at radius 3 is 2.35 bits per heavy atom. The van der Waals surface area contributed by atoms with Gasteiger partial charge in [0.15, 0.2) is 0 Å². The highest BCUT2D eigenvalue weighted by Gasteiger charge is 2.27. The van der Waals surface area contributed by atoms with E-state index in [0.29, 0.717) is 6.04 Å². The van der Waals surface area contributed by atoms with Crippen LogP contribution < -0.4 is 4.90 Å². The summed E-state index contributed by atoms with van der Waals surface area (Å²) in [6.07, 6.45) is 1.14.